The number of nitrogens with zero attached hydrogens (tertiary/aromatic N) is 3. The quantitative estimate of drug-likeness (QED) is 0.818. The Labute approximate surface area is 107 Å². The van der Waals surface area contributed by atoms with Crippen LogP contribution in [0.1, 0.15) is 38.9 Å². The first-order valence-corrected chi connectivity index (χ1v) is 6.11. The Hall–Kier alpha value is -1.43. The fourth-order valence-corrected chi connectivity index (χ4v) is 1.66. The van der Waals surface area contributed by atoms with Crippen LogP contribution in [0, 0.1) is 6.92 Å². The Morgan fingerprint density at radius 2 is 2.17 bits per heavy atom. The monoisotopic (exact) mass is 255 g/mol. The second-order valence-electron chi connectivity index (χ2n) is 4.96. The molecule has 0 fully saturated rings. The van der Waals surface area contributed by atoms with Gasteiger partial charge in [0.1, 0.15) is 0 Å². The summed E-state index contributed by atoms with van der Waals surface area (Å²) in [4.78, 5) is 17.6. The van der Waals surface area contributed by atoms with E-state index in [9.17, 15) is 9.90 Å². The van der Waals surface area contributed by atoms with Gasteiger partial charge in [-0.1, -0.05) is 5.16 Å². The van der Waals surface area contributed by atoms with Gasteiger partial charge in [-0.3, -0.25) is 4.79 Å². The number of aromatic nitrogens is 2. The van der Waals surface area contributed by atoms with E-state index in [1.54, 1.807) is 25.7 Å². The molecule has 102 valence electrons. The summed E-state index contributed by atoms with van der Waals surface area (Å²) in [5.41, 5.74) is -0.882. The van der Waals surface area contributed by atoms with Crippen LogP contribution in [0.2, 0.25) is 0 Å². The van der Waals surface area contributed by atoms with E-state index in [1.807, 2.05) is 6.92 Å². The molecule has 0 aliphatic heterocycles. The molecule has 1 rings (SSSR count). The van der Waals surface area contributed by atoms with Crippen molar-refractivity contribution in [3.63, 3.8) is 0 Å². The van der Waals surface area contributed by atoms with Crippen LogP contribution >= 0.6 is 0 Å². The van der Waals surface area contributed by atoms with E-state index in [2.05, 4.69) is 10.1 Å². The lowest BCUT2D eigenvalue weighted by molar-refractivity contribution is -0.134. The van der Waals surface area contributed by atoms with Crippen molar-refractivity contribution in [3.8, 4) is 0 Å². The SMILES string of the molecule is CCN(CC(C)(C)O)C(=O)CCc1nc(C)no1. The van der Waals surface area contributed by atoms with Crippen LogP contribution in [0.4, 0.5) is 0 Å². The molecule has 1 N–H and O–H groups in total. The van der Waals surface area contributed by atoms with Crippen molar-refractivity contribution in [1.29, 1.82) is 0 Å². The standard InChI is InChI=1S/C12H21N3O3/c1-5-15(8-12(3,4)17)11(16)7-6-10-13-9(2)14-18-10/h17H,5-8H2,1-4H3. The highest BCUT2D eigenvalue weighted by Crippen LogP contribution is 2.08. The lowest BCUT2D eigenvalue weighted by Gasteiger charge is -2.28. The third-order valence-electron chi connectivity index (χ3n) is 2.43. The molecule has 0 bridgehead atoms. The van der Waals surface area contributed by atoms with Crippen molar-refractivity contribution in [3.05, 3.63) is 11.7 Å². The number of aryl methyl sites for hydroxylation is 2. The molecule has 0 saturated carbocycles. The number of rotatable bonds is 6. The smallest absolute Gasteiger partial charge is 0.227 e. The molecule has 0 aliphatic carbocycles. The molecular formula is C12H21N3O3. The number of carbonyl (C=O) groups is 1. The highest BCUT2D eigenvalue weighted by Gasteiger charge is 2.21. The van der Waals surface area contributed by atoms with Crippen LogP contribution in [0.15, 0.2) is 4.52 Å². The van der Waals surface area contributed by atoms with Crippen molar-refractivity contribution >= 4 is 5.91 Å². The lowest BCUT2D eigenvalue weighted by atomic mass is 10.1. The van der Waals surface area contributed by atoms with Crippen molar-refractivity contribution in [2.24, 2.45) is 0 Å². The van der Waals surface area contributed by atoms with Gasteiger partial charge >= 0.3 is 0 Å². The third-order valence-corrected chi connectivity index (χ3v) is 2.43. The fourth-order valence-electron chi connectivity index (χ4n) is 1.66. The van der Waals surface area contributed by atoms with Gasteiger partial charge in [-0.25, -0.2) is 0 Å². The van der Waals surface area contributed by atoms with E-state index in [0.717, 1.165) is 0 Å². The van der Waals surface area contributed by atoms with Crippen molar-refractivity contribution in [2.75, 3.05) is 13.1 Å². The van der Waals surface area contributed by atoms with E-state index >= 15 is 0 Å². The van der Waals surface area contributed by atoms with E-state index in [4.69, 9.17) is 4.52 Å². The zero-order valence-electron chi connectivity index (χ0n) is 11.4. The first-order valence-electron chi connectivity index (χ1n) is 6.11. The van der Waals surface area contributed by atoms with Crippen molar-refractivity contribution in [1.82, 2.24) is 15.0 Å². The summed E-state index contributed by atoms with van der Waals surface area (Å²) >= 11 is 0. The summed E-state index contributed by atoms with van der Waals surface area (Å²) in [6.07, 6.45) is 0.744. The van der Waals surface area contributed by atoms with E-state index < -0.39 is 5.60 Å². The van der Waals surface area contributed by atoms with Gasteiger partial charge < -0.3 is 14.5 Å². The molecule has 1 aromatic heterocycles. The van der Waals surface area contributed by atoms with Gasteiger partial charge in [0.05, 0.1) is 5.60 Å². The predicted octanol–water partition coefficient (Wildman–Crippen LogP) is 0.930. The number of likely N-dealkylation sites (N-methyl/N-ethyl adjacent to an activating group) is 1. The molecule has 0 aromatic carbocycles. The molecule has 0 radical (unpaired) electrons. The molecule has 0 atom stereocenters. The highest BCUT2D eigenvalue weighted by atomic mass is 16.5. The van der Waals surface area contributed by atoms with Gasteiger partial charge in [0, 0.05) is 25.9 Å². The summed E-state index contributed by atoms with van der Waals surface area (Å²) in [6, 6.07) is 0. The largest absolute Gasteiger partial charge is 0.389 e. The van der Waals surface area contributed by atoms with Gasteiger partial charge in [-0.05, 0) is 27.7 Å². The van der Waals surface area contributed by atoms with Crippen LogP contribution in [0.5, 0.6) is 0 Å². The zero-order valence-corrected chi connectivity index (χ0v) is 11.4. The molecule has 6 heteroatoms. The maximum Gasteiger partial charge on any atom is 0.227 e. The van der Waals surface area contributed by atoms with Crippen LogP contribution in [-0.2, 0) is 11.2 Å². The average molecular weight is 255 g/mol. The molecule has 18 heavy (non-hydrogen) atoms. The summed E-state index contributed by atoms with van der Waals surface area (Å²) in [5, 5.41) is 13.4. The second kappa shape index (κ2) is 5.95. The highest BCUT2D eigenvalue weighted by molar-refractivity contribution is 5.76. The third kappa shape index (κ3) is 4.83. The summed E-state index contributed by atoms with van der Waals surface area (Å²) < 4.78 is 4.95. The summed E-state index contributed by atoms with van der Waals surface area (Å²) in [6.45, 7) is 7.90. The van der Waals surface area contributed by atoms with Gasteiger partial charge in [0.25, 0.3) is 0 Å². The van der Waals surface area contributed by atoms with E-state index in [1.165, 1.54) is 0 Å². The van der Waals surface area contributed by atoms with Gasteiger partial charge in [-0.2, -0.15) is 4.98 Å². The van der Waals surface area contributed by atoms with E-state index in [0.29, 0.717) is 37.6 Å². The average Bonchev–Trinajstić information content (AvgIpc) is 2.67. The Kier molecular flexibility index (Phi) is 4.84. The van der Waals surface area contributed by atoms with Crippen LogP contribution in [-0.4, -0.2) is 44.7 Å². The molecule has 1 amide bonds. The van der Waals surface area contributed by atoms with Gasteiger partial charge in [0.15, 0.2) is 5.82 Å². The Morgan fingerprint density at radius 1 is 1.50 bits per heavy atom. The van der Waals surface area contributed by atoms with Crippen molar-refractivity contribution in [2.45, 2.75) is 46.1 Å². The Morgan fingerprint density at radius 3 is 2.61 bits per heavy atom. The Bertz CT molecular complexity index is 396. The maximum absolute atomic E-state index is 12.0. The number of hydrogen-bond donors (Lipinski definition) is 1. The number of carbonyl (C=O) groups excluding carboxylic acids is 1. The first kappa shape index (κ1) is 14.6. The minimum absolute atomic E-state index is 0.0181. The summed E-state index contributed by atoms with van der Waals surface area (Å²) in [7, 11) is 0. The van der Waals surface area contributed by atoms with Gasteiger partial charge in [0.2, 0.25) is 11.8 Å². The minimum atomic E-state index is -0.882. The second-order valence-corrected chi connectivity index (χ2v) is 4.96. The first-order chi connectivity index (χ1) is 8.31. The Balaban J connectivity index is 2.47. The van der Waals surface area contributed by atoms with Crippen LogP contribution < -0.4 is 0 Å². The minimum Gasteiger partial charge on any atom is -0.389 e. The molecule has 0 unspecified atom stereocenters. The zero-order chi connectivity index (χ0) is 13.8. The van der Waals surface area contributed by atoms with Crippen molar-refractivity contribution < 1.29 is 14.4 Å². The molecular weight excluding hydrogens is 234 g/mol. The number of hydrogen-bond acceptors (Lipinski definition) is 5. The topological polar surface area (TPSA) is 79.5 Å². The molecule has 1 aromatic rings. The predicted molar refractivity (Wildman–Crippen MR) is 65.9 cm³/mol. The molecule has 0 spiro atoms. The van der Waals surface area contributed by atoms with Crippen LogP contribution in [0.3, 0.4) is 0 Å². The fraction of sp³-hybridized carbons (Fsp3) is 0.750. The molecule has 1 heterocycles. The normalized spacial score (nSPS) is 11.6. The number of aliphatic hydroxyl groups is 1. The molecule has 6 nitrogen and oxygen atoms in total. The van der Waals surface area contributed by atoms with E-state index in [-0.39, 0.29) is 5.91 Å². The van der Waals surface area contributed by atoms with Crippen LogP contribution in [0.25, 0.3) is 0 Å². The number of amides is 1. The molecule has 0 saturated heterocycles. The lowest BCUT2D eigenvalue weighted by Crippen LogP contribution is -2.42. The summed E-state index contributed by atoms with van der Waals surface area (Å²) in [5.74, 6) is 1.02. The van der Waals surface area contributed by atoms with Gasteiger partial charge in [-0.15, -0.1) is 0 Å². The maximum atomic E-state index is 12.0. The molecule has 0 aliphatic rings.